The van der Waals surface area contributed by atoms with E-state index in [1.807, 2.05) is 0 Å². The topological polar surface area (TPSA) is 37.3 Å². The summed E-state index contributed by atoms with van der Waals surface area (Å²) >= 11 is 0. The van der Waals surface area contributed by atoms with Gasteiger partial charge in [0.25, 0.3) is 0 Å². The number of hydrogen-bond donors (Lipinski definition) is 1. The van der Waals surface area contributed by atoms with Gasteiger partial charge in [-0.1, -0.05) is 26.7 Å². The maximum Gasteiger partial charge on any atom is 2.00 e. The zero-order valence-electron chi connectivity index (χ0n) is 9.47. The minimum atomic E-state index is -0.677. The average molecular weight is 186 g/mol. The molecule has 0 aromatic heterocycles. The number of hydrogen-bond acceptors (Lipinski definition) is 1. The molecule has 0 rings (SSSR count). The van der Waals surface area contributed by atoms with Gasteiger partial charge in [0, 0.05) is 6.42 Å². The summed E-state index contributed by atoms with van der Waals surface area (Å²) in [6.07, 6.45) is 3.34. The van der Waals surface area contributed by atoms with Crippen LogP contribution in [0.15, 0.2) is 0 Å². The van der Waals surface area contributed by atoms with Crippen molar-refractivity contribution in [3.05, 3.63) is 0 Å². The van der Waals surface area contributed by atoms with Crippen molar-refractivity contribution in [2.75, 3.05) is 0 Å². The van der Waals surface area contributed by atoms with Gasteiger partial charge in [-0.05, 0) is 12.3 Å². The fraction of sp³-hybridized carbons (Fsp3) is 0.875. The van der Waals surface area contributed by atoms with Gasteiger partial charge >= 0.3 is 43.7 Å². The maximum absolute atomic E-state index is 10.0. The molecule has 0 aromatic rings. The Labute approximate surface area is 101 Å². The summed E-state index contributed by atoms with van der Waals surface area (Å²) < 4.78 is 0. The summed E-state index contributed by atoms with van der Waals surface area (Å²) in [5.41, 5.74) is 0. The monoisotopic (exact) mass is 186 g/mol. The van der Waals surface area contributed by atoms with E-state index in [9.17, 15) is 4.79 Å². The van der Waals surface area contributed by atoms with E-state index in [1.54, 1.807) is 0 Å². The molecular weight excluding hydrogens is 168 g/mol. The van der Waals surface area contributed by atoms with Crippen molar-refractivity contribution in [1.82, 2.24) is 0 Å². The van der Waals surface area contributed by atoms with E-state index in [0.29, 0.717) is 12.3 Å². The zero-order valence-corrected chi connectivity index (χ0v) is 9.68. The fourth-order valence-corrected chi connectivity index (χ4v) is 0.829. The van der Waals surface area contributed by atoms with Crippen LogP contribution in [0.4, 0.5) is 0 Å². The van der Waals surface area contributed by atoms with Crippen molar-refractivity contribution in [2.24, 2.45) is 5.92 Å². The van der Waals surface area contributed by atoms with Crippen LogP contribution in [0, 0.1) is 5.92 Å². The molecule has 0 amide bonds. The van der Waals surface area contributed by atoms with E-state index in [0.717, 1.165) is 19.3 Å². The van der Waals surface area contributed by atoms with E-state index in [2.05, 4.69) is 13.8 Å². The molecule has 11 heavy (non-hydrogen) atoms. The van der Waals surface area contributed by atoms with Crippen molar-refractivity contribution in [3.63, 3.8) is 0 Å². The number of carbonyl (C=O) groups is 1. The standard InChI is InChI=1S/C8H16O2.Ca.2H/c1-7(2)5-3-4-6-8(9)10;;;/h7H,3-6H2,1-2H3,(H,9,10);;;/q;+2;2*-1. The SMILES string of the molecule is CC(C)CCCCC(=O)O.[Ca+2].[H-].[H-]. The van der Waals surface area contributed by atoms with Crippen LogP contribution in [-0.2, 0) is 4.79 Å². The first-order valence-electron chi connectivity index (χ1n) is 3.84. The van der Waals surface area contributed by atoms with E-state index < -0.39 is 5.97 Å². The minimum Gasteiger partial charge on any atom is -1.00 e. The minimum absolute atomic E-state index is 0. The van der Waals surface area contributed by atoms with E-state index in [1.165, 1.54) is 0 Å². The normalized spacial score (nSPS) is 9.36. The van der Waals surface area contributed by atoms with E-state index in [-0.39, 0.29) is 40.6 Å². The summed E-state index contributed by atoms with van der Waals surface area (Å²) in [6.45, 7) is 4.31. The molecule has 0 aliphatic carbocycles. The summed E-state index contributed by atoms with van der Waals surface area (Å²) in [4.78, 5) is 10.0. The molecule has 2 nitrogen and oxygen atoms in total. The fourth-order valence-electron chi connectivity index (χ4n) is 0.829. The van der Waals surface area contributed by atoms with Crippen LogP contribution in [0.1, 0.15) is 42.4 Å². The number of aliphatic carboxylic acids is 1. The summed E-state index contributed by atoms with van der Waals surface area (Å²) in [5.74, 6) is 0.0255. The molecule has 0 atom stereocenters. The summed E-state index contributed by atoms with van der Waals surface area (Å²) in [6, 6.07) is 0. The largest absolute Gasteiger partial charge is 2.00 e. The van der Waals surface area contributed by atoms with Gasteiger partial charge in [0.2, 0.25) is 0 Å². The van der Waals surface area contributed by atoms with Crippen LogP contribution in [0.2, 0.25) is 0 Å². The van der Waals surface area contributed by atoms with Crippen LogP contribution < -0.4 is 0 Å². The Balaban J connectivity index is -0.000000135. The Hall–Kier alpha value is 0.730. The number of carboxylic acids is 1. The Morgan fingerprint density at radius 1 is 1.45 bits per heavy atom. The Morgan fingerprint density at radius 2 is 2.00 bits per heavy atom. The smallest absolute Gasteiger partial charge is 1.00 e. The molecule has 0 fully saturated rings. The van der Waals surface area contributed by atoms with Gasteiger partial charge < -0.3 is 7.96 Å². The third kappa shape index (κ3) is 13.7. The second kappa shape index (κ2) is 8.82. The first kappa shape index (κ1) is 14.3. The van der Waals surface area contributed by atoms with Crippen LogP contribution in [-0.4, -0.2) is 48.8 Å². The second-order valence-electron chi connectivity index (χ2n) is 3.03. The Bertz CT molecular complexity index is 110. The molecule has 0 unspecified atom stereocenters. The van der Waals surface area contributed by atoms with Crippen molar-refractivity contribution >= 4 is 43.7 Å². The van der Waals surface area contributed by atoms with Gasteiger partial charge in [0.15, 0.2) is 0 Å². The zero-order chi connectivity index (χ0) is 7.98. The van der Waals surface area contributed by atoms with Gasteiger partial charge in [-0.2, -0.15) is 0 Å². The molecule has 0 saturated carbocycles. The molecule has 0 aromatic carbocycles. The van der Waals surface area contributed by atoms with Gasteiger partial charge in [0.05, 0.1) is 0 Å². The molecule has 0 aliphatic rings. The predicted molar refractivity (Wildman–Crippen MR) is 48.9 cm³/mol. The first-order chi connectivity index (χ1) is 4.63. The van der Waals surface area contributed by atoms with Crippen molar-refractivity contribution in [3.8, 4) is 0 Å². The van der Waals surface area contributed by atoms with Gasteiger partial charge in [-0.3, -0.25) is 4.79 Å². The third-order valence-electron chi connectivity index (χ3n) is 1.42. The second-order valence-corrected chi connectivity index (χ2v) is 3.03. The third-order valence-corrected chi connectivity index (χ3v) is 1.42. The van der Waals surface area contributed by atoms with Crippen LogP contribution in [0.5, 0.6) is 0 Å². The number of carboxylic acid groups (broad SMARTS) is 1. The van der Waals surface area contributed by atoms with E-state index >= 15 is 0 Å². The quantitative estimate of drug-likeness (QED) is 0.527. The molecule has 1 N–H and O–H groups in total. The van der Waals surface area contributed by atoms with Crippen molar-refractivity contribution in [2.45, 2.75) is 39.5 Å². The Kier molecular flexibility index (Phi) is 11.4. The molecule has 0 heterocycles. The van der Waals surface area contributed by atoms with Gasteiger partial charge in [-0.15, -0.1) is 0 Å². The maximum atomic E-state index is 10.0. The van der Waals surface area contributed by atoms with Gasteiger partial charge in [0.1, 0.15) is 0 Å². The van der Waals surface area contributed by atoms with Crippen LogP contribution in [0.3, 0.4) is 0 Å². The number of rotatable bonds is 5. The van der Waals surface area contributed by atoms with Crippen molar-refractivity contribution < 1.29 is 12.8 Å². The molecule has 0 saturated heterocycles. The Morgan fingerprint density at radius 3 is 2.36 bits per heavy atom. The van der Waals surface area contributed by atoms with Gasteiger partial charge in [-0.25, -0.2) is 0 Å². The number of unbranched alkanes of at least 4 members (excludes halogenated alkanes) is 1. The molecule has 0 bridgehead atoms. The molecule has 64 valence electrons. The summed E-state index contributed by atoms with van der Waals surface area (Å²) in [5, 5.41) is 8.28. The van der Waals surface area contributed by atoms with Crippen molar-refractivity contribution in [1.29, 1.82) is 0 Å². The predicted octanol–water partition coefficient (Wildman–Crippen LogP) is 2.13. The van der Waals surface area contributed by atoms with Crippen LogP contribution >= 0.6 is 0 Å². The summed E-state index contributed by atoms with van der Waals surface area (Å²) in [7, 11) is 0. The van der Waals surface area contributed by atoms with E-state index in [4.69, 9.17) is 5.11 Å². The molecule has 3 heteroatoms. The molecule has 0 aliphatic heterocycles. The average Bonchev–Trinajstić information content (AvgIpc) is 1.79. The van der Waals surface area contributed by atoms with Crippen LogP contribution in [0.25, 0.3) is 0 Å². The molecule has 0 radical (unpaired) electrons. The molecular formula is C8H18CaO2. The first-order valence-corrected chi connectivity index (χ1v) is 3.84. The molecule has 0 spiro atoms.